The Morgan fingerprint density at radius 1 is 0.981 bits per heavy atom. The monoisotopic (exact) mass is 720 g/mol. The molecule has 2 unspecified atom stereocenters. The minimum absolute atomic E-state index is 0.0201. The second kappa shape index (κ2) is 13.7. The molecule has 4 bridgehead atoms. The lowest BCUT2D eigenvalue weighted by Gasteiger charge is -2.60. The van der Waals surface area contributed by atoms with Crippen molar-refractivity contribution in [2.24, 2.45) is 22.2 Å². The maximum absolute atomic E-state index is 16.2. The van der Waals surface area contributed by atoms with Crippen molar-refractivity contribution in [2.45, 2.75) is 50.7 Å². The van der Waals surface area contributed by atoms with Gasteiger partial charge in [0.2, 0.25) is 11.6 Å². The molecule has 0 amide bonds. The highest BCUT2D eigenvalue weighted by Gasteiger charge is 2.62. The van der Waals surface area contributed by atoms with Crippen LogP contribution in [0, 0.1) is 40.2 Å². The van der Waals surface area contributed by atoms with Crippen LogP contribution in [0.4, 0.5) is 8.78 Å². The number of nitrogens with zero attached hydrogens (tertiary/aromatic N) is 4. The van der Waals surface area contributed by atoms with E-state index >= 15 is 8.78 Å². The Balaban J connectivity index is 1.09. The van der Waals surface area contributed by atoms with E-state index in [0.29, 0.717) is 48.5 Å². The van der Waals surface area contributed by atoms with Gasteiger partial charge < -0.3 is 28.6 Å². The van der Waals surface area contributed by atoms with Gasteiger partial charge in [-0.05, 0) is 79.8 Å². The summed E-state index contributed by atoms with van der Waals surface area (Å²) in [6, 6.07) is 21.1. The molecule has 3 aromatic carbocycles. The van der Waals surface area contributed by atoms with Gasteiger partial charge in [0.1, 0.15) is 29.5 Å². The molecular formula is C41H38F2N4O6. The SMILES string of the molecule is COC(=O)C12CC3CC(CC(Oc4ccc(Oc5c(F)cnc(Oc6cc(C#N)ccc6OCc6ccccc6)c5F)c(C5=NCCN5C)c4)(C3)C1)C2. The van der Waals surface area contributed by atoms with Gasteiger partial charge in [-0.3, -0.25) is 9.79 Å². The number of aromatic nitrogens is 1. The van der Waals surface area contributed by atoms with Crippen molar-refractivity contribution < 1.29 is 37.3 Å². The van der Waals surface area contributed by atoms with Crippen LogP contribution in [0.25, 0.3) is 0 Å². The van der Waals surface area contributed by atoms with E-state index in [1.807, 2.05) is 48.3 Å². The number of ether oxygens (including phenoxy) is 5. The average Bonchev–Trinajstić information content (AvgIpc) is 3.59. The Labute approximate surface area is 305 Å². The van der Waals surface area contributed by atoms with Crippen LogP contribution >= 0.6 is 0 Å². The third kappa shape index (κ3) is 6.60. The van der Waals surface area contributed by atoms with E-state index in [2.05, 4.69) is 9.98 Å². The number of aliphatic imine (C=N–C) groups is 1. The molecule has 0 N–H and O–H groups in total. The number of hydrogen-bond acceptors (Lipinski definition) is 10. The normalized spacial score (nSPS) is 24.0. The second-order valence-corrected chi connectivity index (χ2v) is 14.6. The van der Waals surface area contributed by atoms with E-state index in [9.17, 15) is 10.1 Å². The Morgan fingerprint density at radius 3 is 2.47 bits per heavy atom. The zero-order valence-corrected chi connectivity index (χ0v) is 29.4. The van der Waals surface area contributed by atoms with Gasteiger partial charge in [0.05, 0.1) is 42.5 Å². The molecule has 4 aromatic rings. The molecule has 9 rings (SSSR count). The highest BCUT2D eigenvalue weighted by atomic mass is 19.1. The van der Waals surface area contributed by atoms with Crippen LogP contribution < -0.4 is 18.9 Å². The molecule has 1 aliphatic heterocycles. The number of likely N-dealkylation sites (N-methyl/N-ethyl adjacent to an activating group) is 1. The van der Waals surface area contributed by atoms with Crippen LogP contribution in [0.15, 0.2) is 77.9 Å². The van der Waals surface area contributed by atoms with Gasteiger partial charge in [0.15, 0.2) is 17.3 Å². The van der Waals surface area contributed by atoms with Crippen molar-refractivity contribution in [1.82, 2.24) is 9.88 Å². The van der Waals surface area contributed by atoms with Crippen molar-refractivity contribution in [3.63, 3.8) is 0 Å². The molecule has 53 heavy (non-hydrogen) atoms. The number of carbonyl (C=O) groups is 1. The van der Waals surface area contributed by atoms with Gasteiger partial charge in [-0.15, -0.1) is 0 Å². The summed E-state index contributed by atoms with van der Waals surface area (Å²) in [5, 5.41) is 9.53. The lowest BCUT2D eigenvalue weighted by atomic mass is 9.48. The summed E-state index contributed by atoms with van der Waals surface area (Å²) in [4.78, 5) is 23.5. The van der Waals surface area contributed by atoms with Crippen LogP contribution in [-0.2, 0) is 16.1 Å². The predicted octanol–water partition coefficient (Wildman–Crippen LogP) is 7.98. The molecule has 2 atom stereocenters. The summed E-state index contributed by atoms with van der Waals surface area (Å²) in [6.07, 6.45) is 5.83. The highest BCUT2D eigenvalue weighted by Crippen LogP contribution is 2.63. The Bertz CT molecular complexity index is 2120. The van der Waals surface area contributed by atoms with E-state index in [-0.39, 0.29) is 35.4 Å². The fourth-order valence-electron chi connectivity index (χ4n) is 8.99. The summed E-state index contributed by atoms with van der Waals surface area (Å²) in [5.41, 5.74) is 0.558. The summed E-state index contributed by atoms with van der Waals surface area (Å²) in [6.45, 7) is 1.38. The Morgan fingerprint density at radius 2 is 1.75 bits per heavy atom. The fraction of sp³-hybridized carbons (Fsp3) is 0.366. The number of esters is 1. The third-order valence-electron chi connectivity index (χ3n) is 10.8. The van der Waals surface area contributed by atoms with Gasteiger partial charge in [-0.1, -0.05) is 30.3 Å². The molecule has 12 heteroatoms. The van der Waals surface area contributed by atoms with Gasteiger partial charge in [-0.2, -0.15) is 9.65 Å². The number of methoxy groups -OCH3 is 1. The molecule has 0 saturated heterocycles. The second-order valence-electron chi connectivity index (χ2n) is 14.6. The quantitative estimate of drug-likeness (QED) is 0.142. The summed E-state index contributed by atoms with van der Waals surface area (Å²) in [7, 11) is 3.33. The molecule has 0 spiro atoms. The number of nitriles is 1. The number of rotatable bonds is 11. The molecule has 4 fully saturated rings. The third-order valence-corrected chi connectivity index (χ3v) is 10.8. The number of amidine groups is 1. The van der Waals surface area contributed by atoms with E-state index in [4.69, 9.17) is 23.7 Å². The van der Waals surface area contributed by atoms with Crippen molar-refractivity contribution in [2.75, 3.05) is 27.2 Å². The fourth-order valence-corrected chi connectivity index (χ4v) is 8.99. The van der Waals surface area contributed by atoms with E-state index in [1.54, 1.807) is 30.3 Å². The first-order chi connectivity index (χ1) is 25.7. The van der Waals surface area contributed by atoms with Gasteiger partial charge in [-0.25, -0.2) is 9.37 Å². The molecular weight excluding hydrogens is 682 g/mol. The summed E-state index contributed by atoms with van der Waals surface area (Å²) < 4.78 is 61.5. The smallest absolute Gasteiger partial charge is 0.311 e. The molecule has 4 aliphatic carbocycles. The molecule has 2 heterocycles. The topological polar surface area (TPSA) is 116 Å². The molecule has 5 aliphatic rings. The maximum atomic E-state index is 16.2. The first-order valence-corrected chi connectivity index (χ1v) is 17.7. The Hall–Kier alpha value is -5.70. The number of halogens is 2. The highest BCUT2D eigenvalue weighted by molar-refractivity contribution is 6.02. The number of hydrogen-bond donors (Lipinski definition) is 0. The first kappa shape index (κ1) is 34.4. The summed E-state index contributed by atoms with van der Waals surface area (Å²) >= 11 is 0. The van der Waals surface area contributed by atoms with Crippen molar-refractivity contribution in [1.29, 1.82) is 5.26 Å². The number of carbonyl (C=O) groups excluding carboxylic acids is 1. The van der Waals surface area contributed by atoms with Crippen molar-refractivity contribution in [3.05, 3.63) is 101 Å². The summed E-state index contributed by atoms with van der Waals surface area (Å²) in [5.74, 6) is -1.39. The van der Waals surface area contributed by atoms with Crippen molar-refractivity contribution in [3.8, 4) is 40.7 Å². The minimum atomic E-state index is -1.18. The van der Waals surface area contributed by atoms with Gasteiger partial charge >= 0.3 is 5.97 Å². The lowest BCUT2D eigenvalue weighted by Crippen LogP contribution is -2.60. The molecule has 1 aromatic heterocycles. The van der Waals surface area contributed by atoms with Gasteiger partial charge in [0.25, 0.3) is 5.88 Å². The van der Waals surface area contributed by atoms with Crippen LogP contribution in [0.5, 0.6) is 34.6 Å². The van der Waals surface area contributed by atoms with Gasteiger partial charge in [0, 0.05) is 26.1 Å². The standard InChI is InChI=1S/C41H38F2N4O6/c1-47-13-12-45-37(47)30-16-29(53-41-19-27-14-28(20-41)18-40(17-27,24-41)39(48)49-2)9-11-32(30)51-36-31(42)22-46-38(35(36)43)52-34-15-26(21-44)8-10-33(34)50-23-25-6-4-3-5-7-25/h3-11,15-16,22,27-28H,12-14,17-20,23-24H2,1-2H3. The maximum Gasteiger partial charge on any atom is 0.311 e. The molecule has 10 nitrogen and oxygen atoms in total. The van der Waals surface area contributed by atoms with Crippen LogP contribution in [-0.4, -0.2) is 54.5 Å². The molecule has 4 saturated carbocycles. The largest absolute Gasteiger partial charge is 0.487 e. The molecule has 0 radical (unpaired) electrons. The average molecular weight is 721 g/mol. The molecule has 272 valence electrons. The van der Waals surface area contributed by atoms with Crippen LogP contribution in [0.3, 0.4) is 0 Å². The Kier molecular flexibility index (Phi) is 8.88. The van der Waals surface area contributed by atoms with E-state index < -0.39 is 34.3 Å². The minimum Gasteiger partial charge on any atom is -0.487 e. The first-order valence-electron chi connectivity index (χ1n) is 17.7. The zero-order valence-electron chi connectivity index (χ0n) is 29.4. The number of benzene rings is 3. The van der Waals surface area contributed by atoms with Crippen LogP contribution in [0.1, 0.15) is 55.2 Å². The van der Waals surface area contributed by atoms with Crippen LogP contribution in [0.2, 0.25) is 0 Å². The predicted molar refractivity (Wildman–Crippen MR) is 189 cm³/mol. The zero-order chi connectivity index (χ0) is 36.7. The lowest BCUT2D eigenvalue weighted by molar-refractivity contribution is -0.188. The van der Waals surface area contributed by atoms with Crippen molar-refractivity contribution >= 4 is 11.8 Å². The number of pyridine rings is 1. The van der Waals surface area contributed by atoms with E-state index in [1.165, 1.54) is 13.2 Å². The van der Waals surface area contributed by atoms with E-state index in [0.717, 1.165) is 43.9 Å².